The zero-order valence-corrected chi connectivity index (χ0v) is 12.6. The van der Waals surface area contributed by atoms with E-state index >= 15 is 0 Å². The summed E-state index contributed by atoms with van der Waals surface area (Å²) >= 11 is 0. The number of nitrogens with zero attached hydrogens (tertiary/aromatic N) is 3. The summed E-state index contributed by atoms with van der Waals surface area (Å²) in [6.07, 6.45) is 6.60. The van der Waals surface area contributed by atoms with E-state index in [1.807, 2.05) is 0 Å². The van der Waals surface area contributed by atoms with Crippen molar-refractivity contribution in [1.82, 2.24) is 14.4 Å². The van der Waals surface area contributed by atoms with Gasteiger partial charge in [-0.2, -0.15) is 4.39 Å². The van der Waals surface area contributed by atoms with Gasteiger partial charge in [-0.25, -0.2) is 14.4 Å². The Morgan fingerprint density at radius 2 is 1.88 bits per heavy atom. The number of halogens is 2. The van der Waals surface area contributed by atoms with Crippen LogP contribution in [0.3, 0.4) is 0 Å². The number of aromatic nitrogens is 3. The molecule has 0 saturated heterocycles. The Labute approximate surface area is 143 Å². The van der Waals surface area contributed by atoms with Gasteiger partial charge < -0.3 is 15.2 Å². The molecule has 0 unspecified atom stereocenters. The summed E-state index contributed by atoms with van der Waals surface area (Å²) in [4.78, 5) is 16.2. The van der Waals surface area contributed by atoms with E-state index in [1.165, 1.54) is 18.2 Å². The maximum absolute atomic E-state index is 13.9. The zero-order chi connectivity index (χ0) is 17.7. The van der Waals surface area contributed by atoms with Gasteiger partial charge in [0.2, 0.25) is 12.4 Å². The van der Waals surface area contributed by atoms with E-state index in [1.54, 1.807) is 29.8 Å². The number of pyridine rings is 2. The highest BCUT2D eigenvalue weighted by molar-refractivity contribution is 5.70. The van der Waals surface area contributed by atoms with E-state index in [-0.39, 0.29) is 30.9 Å². The van der Waals surface area contributed by atoms with Crippen LogP contribution < -0.4 is 5.73 Å². The Bertz CT molecular complexity index is 907. The summed E-state index contributed by atoms with van der Waals surface area (Å²) in [5, 5.41) is 9.57. The fourth-order valence-corrected chi connectivity index (χ4v) is 2.03. The number of imidazole rings is 1. The van der Waals surface area contributed by atoms with Crippen LogP contribution in [0.2, 0.25) is 0 Å². The Hall–Kier alpha value is -3.29. The van der Waals surface area contributed by atoms with Crippen molar-refractivity contribution < 1.29 is 18.7 Å². The predicted molar refractivity (Wildman–Crippen MR) is 91.7 cm³/mol. The highest BCUT2D eigenvalue weighted by Gasteiger charge is 2.06. The second-order valence-electron chi connectivity index (χ2n) is 4.74. The normalized spacial score (nSPS) is 10.2. The molecule has 1 amide bonds. The molecule has 0 aliphatic heterocycles. The zero-order valence-electron chi connectivity index (χ0n) is 12.6. The molecular weight excluding hydrogens is 330 g/mol. The lowest BCUT2D eigenvalue weighted by Crippen LogP contribution is -1.90. The van der Waals surface area contributed by atoms with Crippen molar-refractivity contribution in [2.24, 2.45) is 5.73 Å². The summed E-state index contributed by atoms with van der Waals surface area (Å²) in [5.74, 6) is -1.30. The molecule has 0 spiro atoms. The largest absolute Gasteiger partial charge is 0.506 e. The summed E-state index contributed by atoms with van der Waals surface area (Å²) < 4.78 is 28.5. The maximum Gasteiger partial charge on any atom is 0.213 e. The van der Waals surface area contributed by atoms with Crippen molar-refractivity contribution in [2.75, 3.05) is 0 Å². The second-order valence-corrected chi connectivity index (χ2v) is 4.74. The van der Waals surface area contributed by atoms with Gasteiger partial charge in [0.05, 0.1) is 5.69 Å². The van der Waals surface area contributed by atoms with Crippen LogP contribution in [-0.2, 0) is 4.79 Å². The first-order chi connectivity index (χ1) is 11.4. The summed E-state index contributed by atoms with van der Waals surface area (Å²) in [7, 11) is 0. The van der Waals surface area contributed by atoms with Crippen molar-refractivity contribution in [3.8, 4) is 5.75 Å². The molecule has 3 heterocycles. The molecule has 3 aromatic rings. The standard InChI is InChI=1S/C15H11F2N3O.CH3NO.CH4/c1-9-7-20-8-10(6-11(16)15(20)18-9)2-3-12-13(21)4-5-14(17)19-12;2-1-3;/h2-8,21H,1H3;1H,(H2,2,3);1H4/b3-2+;;. The number of aromatic hydroxyl groups is 1. The van der Waals surface area contributed by atoms with Crippen LogP contribution >= 0.6 is 0 Å². The van der Waals surface area contributed by atoms with Crippen LogP contribution in [-0.4, -0.2) is 25.9 Å². The number of rotatable bonds is 2. The molecule has 0 atom stereocenters. The third-order valence-corrected chi connectivity index (χ3v) is 2.95. The number of primary amides is 1. The topological polar surface area (TPSA) is 93.5 Å². The van der Waals surface area contributed by atoms with Gasteiger partial charge in [-0.1, -0.05) is 13.5 Å². The molecule has 0 aromatic carbocycles. The molecule has 0 saturated carbocycles. The van der Waals surface area contributed by atoms with Crippen LogP contribution in [0, 0.1) is 18.7 Å². The summed E-state index contributed by atoms with van der Waals surface area (Å²) in [5.41, 5.74) is 5.75. The molecule has 6 nitrogen and oxygen atoms in total. The van der Waals surface area contributed by atoms with Crippen molar-refractivity contribution in [1.29, 1.82) is 0 Å². The fraction of sp³-hybridized carbons (Fsp3) is 0.118. The number of carbonyl (C=O) groups excluding carboxylic acids is 1. The van der Waals surface area contributed by atoms with Gasteiger partial charge in [0.15, 0.2) is 11.5 Å². The molecule has 0 aliphatic rings. The highest BCUT2D eigenvalue weighted by atomic mass is 19.1. The lowest BCUT2D eigenvalue weighted by Gasteiger charge is -2.00. The quantitative estimate of drug-likeness (QED) is 0.550. The third-order valence-electron chi connectivity index (χ3n) is 2.95. The molecule has 3 aromatic heterocycles. The van der Waals surface area contributed by atoms with Crippen LogP contribution in [0.4, 0.5) is 8.78 Å². The number of hydrogen-bond acceptors (Lipinski definition) is 4. The van der Waals surface area contributed by atoms with Crippen molar-refractivity contribution >= 4 is 24.2 Å². The van der Waals surface area contributed by atoms with E-state index in [4.69, 9.17) is 4.79 Å². The number of hydrogen-bond donors (Lipinski definition) is 2. The van der Waals surface area contributed by atoms with Gasteiger partial charge in [-0.3, -0.25) is 4.79 Å². The minimum absolute atomic E-state index is 0. The Balaban J connectivity index is 0.000000730. The SMILES string of the molecule is C.Cc1cn2cc(/C=C/c3nc(F)ccc3O)cc(F)c2n1.NC=O. The lowest BCUT2D eigenvalue weighted by molar-refractivity contribution is -0.106. The minimum atomic E-state index is -0.695. The average molecular weight is 348 g/mol. The van der Waals surface area contributed by atoms with Gasteiger partial charge in [-0.05, 0) is 36.8 Å². The minimum Gasteiger partial charge on any atom is -0.506 e. The first-order valence-electron chi connectivity index (χ1n) is 6.78. The highest BCUT2D eigenvalue weighted by Crippen LogP contribution is 2.19. The first kappa shape index (κ1) is 19.8. The first-order valence-corrected chi connectivity index (χ1v) is 6.78. The summed E-state index contributed by atoms with van der Waals surface area (Å²) in [6.45, 7) is 1.77. The predicted octanol–water partition coefficient (Wildman–Crippen LogP) is 2.93. The Kier molecular flexibility index (Phi) is 6.74. The van der Waals surface area contributed by atoms with E-state index < -0.39 is 11.8 Å². The fourth-order valence-electron chi connectivity index (χ4n) is 2.03. The third kappa shape index (κ3) is 4.84. The lowest BCUT2D eigenvalue weighted by atomic mass is 10.2. The number of carbonyl (C=O) groups is 1. The molecule has 0 fully saturated rings. The van der Waals surface area contributed by atoms with E-state index in [0.29, 0.717) is 11.3 Å². The maximum atomic E-state index is 13.9. The average Bonchev–Trinajstić information content (AvgIpc) is 2.90. The molecule has 0 aliphatic carbocycles. The smallest absolute Gasteiger partial charge is 0.213 e. The van der Waals surface area contributed by atoms with Gasteiger partial charge in [-0.15, -0.1) is 0 Å². The molecule has 3 rings (SSSR count). The van der Waals surface area contributed by atoms with E-state index in [9.17, 15) is 13.9 Å². The van der Waals surface area contributed by atoms with Crippen LogP contribution in [0.1, 0.15) is 24.4 Å². The Morgan fingerprint density at radius 3 is 2.56 bits per heavy atom. The van der Waals surface area contributed by atoms with Crippen molar-refractivity contribution in [3.05, 3.63) is 59.3 Å². The number of amides is 1. The molecule has 3 N–H and O–H groups in total. The molecule has 25 heavy (non-hydrogen) atoms. The van der Waals surface area contributed by atoms with Crippen LogP contribution in [0.15, 0.2) is 30.6 Å². The van der Waals surface area contributed by atoms with Gasteiger partial charge >= 0.3 is 0 Å². The summed E-state index contributed by atoms with van der Waals surface area (Å²) in [6, 6.07) is 3.59. The molecule has 0 bridgehead atoms. The van der Waals surface area contributed by atoms with E-state index in [2.05, 4.69) is 15.7 Å². The van der Waals surface area contributed by atoms with Crippen molar-refractivity contribution in [2.45, 2.75) is 14.4 Å². The number of nitrogens with two attached hydrogens (primary N) is 1. The monoisotopic (exact) mass is 348 g/mol. The molecular formula is C17H18F2N4O2. The van der Waals surface area contributed by atoms with Crippen molar-refractivity contribution in [3.63, 3.8) is 0 Å². The van der Waals surface area contributed by atoms with Gasteiger partial charge in [0.25, 0.3) is 0 Å². The second kappa shape index (κ2) is 8.53. The molecule has 132 valence electrons. The number of aryl methyl sites for hydroxylation is 1. The van der Waals surface area contributed by atoms with Crippen LogP contribution in [0.5, 0.6) is 5.75 Å². The Morgan fingerprint density at radius 1 is 1.20 bits per heavy atom. The van der Waals surface area contributed by atoms with Crippen LogP contribution in [0.25, 0.3) is 17.8 Å². The van der Waals surface area contributed by atoms with Gasteiger partial charge in [0.1, 0.15) is 11.4 Å². The molecule has 0 radical (unpaired) electrons. The van der Waals surface area contributed by atoms with Gasteiger partial charge in [0, 0.05) is 12.4 Å². The van der Waals surface area contributed by atoms with E-state index in [0.717, 1.165) is 6.07 Å². The number of fused-ring (bicyclic) bond motifs is 1. The molecule has 8 heteroatoms.